The van der Waals surface area contributed by atoms with Gasteiger partial charge in [-0.2, -0.15) is 0 Å². The fourth-order valence-corrected chi connectivity index (χ4v) is 1.86. The Labute approximate surface area is 83.1 Å². The lowest BCUT2D eigenvalue weighted by molar-refractivity contribution is 0.172. The van der Waals surface area contributed by atoms with Gasteiger partial charge in [0.1, 0.15) is 0 Å². The van der Waals surface area contributed by atoms with Gasteiger partial charge in [-0.25, -0.2) is 0 Å². The van der Waals surface area contributed by atoms with E-state index in [0.717, 1.165) is 5.75 Å². The summed E-state index contributed by atoms with van der Waals surface area (Å²) in [6.45, 7) is 1.72. The van der Waals surface area contributed by atoms with Crippen molar-refractivity contribution in [2.45, 2.75) is 24.0 Å². The summed E-state index contributed by atoms with van der Waals surface area (Å²) in [5, 5.41) is 9.16. The van der Waals surface area contributed by atoms with E-state index in [4.69, 9.17) is 10.8 Å². The van der Waals surface area contributed by atoms with Crippen LogP contribution in [-0.4, -0.2) is 23.0 Å². The van der Waals surface area contributed by atoms with E-state index in [9.17, 15) is 0 Å². The maximum Gasteiger partial charge on any atom is 0.0671 e. The van der Waals surface area contributed by atoms with Gasteiger partial charge < -0.3 is 10.8 Å². The van der Waals surface area contributed by atoms with Gasteiger partial charge in [0.05, 0.1) is 6.10 Å². The van der Waals surface area contributed by atoms with Gasteiger partial charge in [0.15, 0.2) is 0 Å². The molecule has 2 atom stereocenters. The van der Waals surface area contributed by atoms with Crippen LogP contribution in [0, 0.1) is 0 Å². The highest BCUT2D eigenvalue weighted by Crippen LogP contribution is 2.17. The largest absolute Gasteiger partial charge is 0.392 e. The van der Waals surface area contributed by atoms with Crippen LogP contribution >= 0.6 is 11.8 Å². The highest BCUT2D eigenvalue weighted by molar-refractivity contribution is 7.99. The molecule has 1 aromatic carbocycles. The van der Waals surface area contributed by atoms with Crippen molar-refractivity contribution in [1.82, 2.24) is 0 Å². The Kier molecular flexibility index (Phi) is 4.28. The zero-order valence-corrected chi connectivity index (χ0v) is 8.50. The maximum absolute atomic E-state index is 9.16. The highest BCUT2D eigenvalue weighted by Gasteiger charge is 2.08. The summed E-state index contributed by atoms with van der Waals surface area (Å²) in [6.07, 6.45) is -0.434. The van der Waals surface area contributed by atoms with Crippen molar-refractivity contribution in [1.29, 1.82) is 0 Å². The Hall–Kier alpha value is -0.510. The maximum atomic E-state index is 9.16. The van der Waals surface area contributed by atoms with Crippen molar-refractivity contribution in [3.05, 3.63) is 30.3 Å². The molecule has 0 bridgehead atoms. The molecule has 0 fully saturated rings. The van der Waals surface area contributed by atoms with Gasteiger partial charge in [-0.1, -0.05) is 18.2 Å². The SMILES string of the molecule is CC(O)C(N)CSc1ccccc1. The van der Waals surface area contributed by atoms with Crippen LogP contribution in [0.4, 0.5) is 0 Å². The third kappa shape index (κ3) is 3.81. The predicted molar refractivity (Wildman–Crippen MR) is 56.8 cm³/mol. The minimum Gasteiger partial charge on any atom is -0.392 e. The van der Waals surface area contributed by atoms with E-state index in [-0.39, 0.29) is 6.04 Å². The number of nitrogens with two attached hydrogens (primary N) is 1. The Morgan fingerprint density at radius 1 is 1.38 bits per heavy atom. The molecule has 2 nitrogen and oxygen atoms in total. The first-order valence-corrected chi connectivity index (χ1v) is 5.30. The zero-order chi connectivity index (χ0) is 9.68. The highest BCUT2D eigenvalue weighted by atomic mass is 32.2. The molecule has 3 heteroatoms. The fraction of sp³-hybridized carbons (Fsp3) is 0.400. The predicted octanol–water partition coefficient (Wildman–Crippen LogP) is 1.49. The molecule has 0 saturated carbocycles. The smallest absolute Gasteiger partial charge is 0.0671 e. The number of aliphatic hydroxyl groups is 1. The van der Waals surface area contributed by atoms with E-state index < -0.39 is 6.10 Å². The first-order valence-electron chi connectivity index (χ1n) is 4.31. The minimum atomic E-state index is -0.434. The standard InChI is InChI=1S/C10H15NOS/c1-8(12)10(11)7-13-9-5-3-2-4-6-9/h2-6,8,10,12H,7,11H2,1H3. The summed E-state index contributed by atoms with van der Waals surface area (Å²) >= 11 is 1.67. The minimum absolute atomic E-state index is 0.148. The van der Waals surface area contributed by atoms with Gasteiger partial charge in [0.2, 0.25) is 0 Å². The molecule has 0 amide bonds. The molecule has 72 valence electrons. The zero-order valence-electron chi connectivity index (χ0n) is 7.68. The Balaban J connectivity index is 2.35. The second kappa shape index (κ2) is 5.27. The van der Waals surface area contributed by atoms with Crippen molar-refractivity contribution >= 4 is 11.8 Å². The lowest BCUT2D eigenvalue weighted by Crippen LogP contribution is -2.34. The van der Waals surface area contributed by atoms with Crippen LogP contribution in [0.3, 0.4) is 0 Å². The van der Waals surface area contributed by atoms with Crippen LogP contribution < -0.4 is 5.73 Å². The lowest BCUT2D eigenvalue weighted by atomic mass is 10.2. The Morgan fingerprint density at radius 2 is 2.00 bits per heavy atom. The van der Waals surface area contributed by atoms with E-state index in [2.05, 4.69) is 0 Å². The third-order valence-corrected chi connectivity index (χ3v) is 2.96. The van der Waals surface area contributed by atoms with Gasteiger partial charge in [0.25, 0.3) is 0 Å². The van der Waals surface area contributed by atoms with Crippen LogP contribution in [-0.2, 0) is 0 Å². The first-order chi connectivity index (χ1) is 6.20. The second-order valence-electron chi connectivity index (χ2n) is 3.03. The lowest BCUT2D eigenvalue weighted by Gasteiger charge is -2.13. The number of hydrogen-bond acceptors (Lipinski definition) is 3. The Morgan fingerprint density at radius 3 is 2.54 bits per heavy atom. The van der Waals surface area contributed by atoms with Crippen molar-refractivity contribution in [2.24, 2.45) is 5.73 Å². The summed E-state index contributed by atoms with van der Waals surface area (Å²) in [7, 11) is 0. The molecule has 0 spiro atoms. The molecule has 0 saturated heterocycles. The van der Waals surface area contributed by atoms with Gasteiger partial charge in [0, 0.05) is 16.7 Å². The molecule has 3 N–H and O–H groups in total. The molecule has 0 aliphatic carbocycles. The van der Waals surface area contributed by atoms with E-state index in [1.165, 1.54) is 4.90 Å². The molecule has 0 aromatic heterocycles. The molecule has 1 rings (SSSR count). The summed E-state index contributed by atoms with van der Waals surface area (Å²) in [5.41, 5.74) is 5.69. The Bertz CT molecular complexity index is 238. The number of thioether (sulfide) groups is 1. The van der Waals surface area contributed by atoms with E-state index in [1.54, 1.807) is 18.7 Å². The number of hydrogen-bond donors (Lipinski definition) is 2. The molecule has 0 aliphatic heterocycles. The second-order valence-corrected chi connectivity index (χ2v) is 4.12. The van der Waals surface area contributed by atoms with Crippen molar-refractivity contribution in [2.75, 3.05) is 5.75 Å². The molecule has 0 heterocycles. The molecule has 0 aliphatic rings. The van der Waals surface area contributed by atoms with Gasteiger partial charge >= 0.3 is 0 Å². The number of rotatable bonds is 4. The number of benzene rings is 1. The summed E-state index contributed by atoms with van der Waals surface area (Å²) in [4.78, 5) is 1.19. The van der Waals surface area contributed by atoms with Crippen LogP contribution in [0.2, 0.25) is 0 Å². The molecule has 13 heavy (non-hydrogen) atoms. The summed E-state index contributed by atoms with van der Waals surface area (Å²) in [6, 6.07) is 9.91. The van der Waals surface area contributed by atoms with Gasteiger partial charge in [-0.3, -0.25) is 0 Å². The quantitative estimate of drug-likeness (QED) is 0.719. The normalized spacial score (nSPS) is 15.3. The summed E-state index contributed by atoms with van der Waals surface area (Å²) < 4.78 is 0. The molecular weight excluding hydrogens is 182 g/mol. The number of aliphatic hydroxyl groups excluding tert-OH is 1. The monoisotopic (exact) mass is 197 g/mol. The van der Waals surface area contributed by atoms with Crippen LogP contribution in [0.5, 0.6) is 0 Å². The van der Waals surface area contributed by atoms with Crippen LogP contribution in [0.1, 0.15) is 6.92 Å². The van der Waals surface area contributed by atoms with E-state index >= 15 is 0 Å². The van der Waals surface area contributed by atoms with Crippen molar-refractivity contribution in [3.63, 3.8) is 0 Å². The fourth-order valence-electron chi connectivity index (χ4n) is 0.848. The van der Waals surface area contributed by atoms with Crippen LogP contribution in [0.15, 0.2) is 35.2 Å². The molecule has 0 radical (unpaired) electrons. The van der Waals surface area contributed by atoms with Crippen LogP contribution in [0.25, 0.3) is 0 Å². The first kappa shape index (κ1) is 10.6. The molecular formula is C10H15NOS. The molecule has 2 unspecified atom stereocenters. The average molecular weight is 197 g/mol. The van der Waals surface area contributed by atoms with Crippen molar-refractivity contribution < 1.29 is 5.11 Å². The van der Waals surface area contributed by atoms with Crippen molar-refractivity contribution in [3.8, 4) is 0 Å². The third-order valence-electron chi connectivity index (χ3n) is 1.81. The molecule has 1 aromatic rings. The van der Waals surface area contributed by atoms with Gasteiger partial charge in [-0.15, -0.1) is 11.8 Å². The average Bonchev–Trinajstić information content (AvgIpc) is 2.15. The summed E-state index contributed by atoms with van der Waals surface area (Å²) in [5.74, 6) is 0.752. The topological polar surface area (TPSA) is 46.2 Å². The van der Waals surface area contributed by atoms with Gasteiger partial charge in [-0.05, 0) is 19.1 Å². The van der Waals surface area contributed by atoms with E-state index in [0.29, 0.717) is 0 Å². The van der Waals surface area contributed by atoms with E-state index in [1.807, 2.05) is 30.3 Å².